The number of carbonyl (C=O) groups excluding carboxylic acids is 2. The van der Waals surface area contributed by atoms with Crippen LogP contribution in [0, 0.1) is 0 Å². The lowest BCUT2D eigenvalue weighted by Gasteiger charge is -2.42. The molecule has 0 saturated carbocycles. The van der Waals surface area contributed by atoms with Crippen LogP contribution in [0.2, 0.25) is 0 Å². The lowest BCUT2D eigenvalue weighted by atomic mass is 10.0. The van der Waals surface area contributed by atoms with Gasteiger partial charge in [0.25, 0.3) is 0 Å². The summed E-state index contributed by atoms with van der Waals surface area (Å²) in [6.07, 6.45) is 4.00. The molecule has 0 N–H and O–H groups in total. The number of piperazine rings is 1. The van der Waals surface area contributed by atoms with Gasteiger partial charge >= 0.3 is 6.09 Å². The molecule has 0 aliphatic carbocycles. The maximum absolute atomic E-state index is 12.6. The first kappa shape index (κ1) is 23.3. The van der Waals surface area contributed by atoms with E-state index in [2.05, 4.69) is 16.8 Å². The van der Waals surface area contributed by atoms with Gasteiger partial charge in [0.05, 0.1) is 12.6 Å². The summed E-state index contributed by atoms with van der Waals surface area (Å²) >= 11 is 0. The molecular formula is C22H40N4O4. The minimum absolute atomic E-state index is 0.00562. The standard InChI is InChI=1S/C22H40N4O4/c1-22(2,3)30-21(28)26-9-5-6-19(26)16-29-17-20(27)25-14-12-24(13-15-25)18-7-10-23(4)11-8-18/h18-19H,5-17H2,1-4H3. The first-order valence-electron chi connectivity index (χ1n) is 11.5. The van der Waals surface area contributed by atoms with Crippen molar-refractivity contribution < 1.29 is 19.1 Å². The van der Waals surface area contributed by atoms with Gasteiger partial charge in [-0.15, -0.1) is 0 Å². The number of amides is 2. The summed E-state index contributed by atoms with van der Waals surface area (Å²) in [5.74, 6) is 0.0554. The molecule has 0 spiro atoms. The molecule has 0 aromatic carbocycles. The van der Waals surface area contributed by atoms with Crippen molar-refractivity contribution in [2.45, 2.75) is 64.1 Å². The van der Waals surface area contributed by atoms with Gasteiger partial charge in [0.1, 0.15) is 12.2 Å². The normalized spacial score (nSPS) is 25.0. The van der Waals surface area contributed by atoms with E-state index in [-0.39, 0.29) is 24.6 Å². The molecule has 3 aliphatic rings. The van der Waals surface area contributed by atoms with E-state index in [4.69, 9.17) is 9.47 Å². The summed E-state index contributed by atoms with van der Waals surface area (Å²) in [4.78, 5) is 33.5. The van der Waals surface area contributed by atoms with Gasteiger partial charge in [-0.2, -0.15) is 0 Å². The van der Waals surface area contributed by atoms with Crippen molar-refractivity contribution in [3.63, 3.8) is 0 Å². The van der Waals surface area contributed by atoms with Gasteiger partial charge in [0, 0.05) is 38.8 Å². The Kier molecular flexibility index (Phi) is 7.98. The first-order chi connectivity index (χ1) is 14.2. The average molecular weight is 425 g/mol. The highest BCUT2D eigenvalue weighted by atomic mass is 16.6. The molecule has 3 saturated heterocycles. The fraction of sp³-hybridized carbons (Fsp3) is 0.909. The second-order valence-corrected chi connectivity index (χ2v) is 9.94. The highest BCUT2D eigenvalue weighted by Gasteiger charge is 2.33. The number of ether oxygens (including phenoxy) is 2. The Morgan fingerprint density at radius 2 is 1.60 bits per heavy atom. The topological polar surface area (TPSA) is 65.6 Å². The number of likely N-dealkylation sites (tertiary alicyclic amines) is 2. The van der Waals surface area contributed by atoms with E-state index in [0.717, 1.165) is 39.0 Å². The molecule has 2 amide bonds. The molecule has 30 heavy (non-hydrogen) atoms. The van der Waals surface area contributed by atoms with Gasteiger partial charge in [0.2, 0.25) is 5.91 Å². The van der Waals surface area contributed by atoms with Crippen LogP contribution in [0.15, 0.2) is 0 Å². The maximum atomic E-state index is 12.6. The van der Waals surface area contributed by atoms with Gasteiger partial charge in [-0.25, -0.2) is 4.79 Å². The van der Waals surface area contributed by atoms with Gasteiger partial charge in [-0.1, -0.05) is 0 Å². The van der Waals surface area contributed by atoms with E-state index in [1.165, 1.54) is 25.9 Å². The molecule has 8 nitrogen and oxygen atoms in total. The zero-order chi connectivity index (χ0) is 21.7. The summed E-state index contributed by atoms with van der Waals surface area (Å²) in [6.45, 7) is 12.6. The van der Waals surface area contributed by atoms with E-state index < -0.39 is 5.60 Å². The molecule has 0 aromatic rings. The Bertz CT molecular complexity index is 578. The van der Waals surface area contributed by atoms with Crippen molar-refractivity contribution in [1.29, 1.82) is 0 Å². The highest BCUT2D eigenvalue weighted by molar-refractivity contribution is 5.77. The van der Waals surface area contributed by atoms with Crippen LogP contribution in [0.3, 0.4) is 0 Å². The summed E-state index contributed by atoms with van der Waals surface area (Å²) in [7, 11) is 2.19. The summed E-state index contributed by atoms with van der Waals surface area (Å²) in [5.41, 5.74) is -0.503. The molecule has 3 heterocycles. The summed E-state index contributed by atoms with van der Waals surface area (Å²) in [5, 5.41) is 0. The average Bonchev–Trinajstić information content (AvgIpc) is 3.16. The van der Waals surface area contributed by atoms with Crippen LogP contribution in [0.25, 0.3) is 0 Å². The second kappa shape index (κ2) is 10.3. The van der Waals surface area contributed by atoms with Gasteiger partial charge in [-0.05, 0) is 66.6 Å². The SMILES string of the molecule is CN1CCC(N2CCN(C(=O)COCC3CCCN3C(=O)OC(C)(C)C)CC2)CC1. The van der Waals surface area contributed by atoms with E-state index in [1.54, 1.807) is 4.90 Å². The van der Waals surface area contributed by atoms with E-state index in [1.807, 2.05) is 25.7 Å². The van der Waals surface area contributed by atoms with Crippen molar-refractivity contribution >= 4 is 12.0 Å². The van der Waals surface area contributed by atoms with Crippen LogP contribution < -0.4 is 0 Å². The van der Waals surface area contributed by atoms with Gasteiger partial charge in [-0.3, -0.25) is 9.69 Å². The minimum atomic E-state index is -0.503. The fourth-order valence-electron chi connectivity index (χ4n) is 4.64. The summed E-state index contributed by atoms with van der Waals surface area (Å²) < 4.78 is 11.2. The van der Waals surface area contributed by atoms with E-state index in [0.29, 0.717) is 19.2 Å². The molecule has 1 atom stereocenters. The number of rotatable bonds is 5. The number of hydrogen-bond acceptors (Lipinski definition) is 6. The maximum Gasteiger partial charge on any atom is 0.410 e. The zero-order valence-electron chi connectivity index (χ0n) is 19.3. The Morgan fingerprint density at radius 1 is 0.933 bits per heavy atom. The van der Waals surface area contributed by atoms with Crippen molar-refractivity contribution in [1.82, 2.24) is 19.6 Å². The molecule has 172 valence electrons. The second-order valence-electron chi connectivity index (χ2n) is 9.94. The predicted molar refractivity (Wildman–Crippen MR) is 115 cm³/mol. The molecular weight excluding hydrogens is 384 g/mol. The Balaban J connectivity index is 1.35. The largest absolute Gasteiger partial charge is 0.444 e. The molecule has 3 fully saturated rings. The number of piperidine rings is 1. The van der Waals surface area contributed by atoms with Crippen molar-refractivity contribution in [3.8, 4) is 0 Å². The third kappa shape index (κ3) is 6.56. The van der Waals surface area contributed by atoms with Crippen molar-refractivity contribution in [3.05, 3.63) is 0 Å². The van der Waals surface area contributed by atoms with Gasteiger partial charge < -0.3 is 24.2 Å². The minimum Gasteiger partial charge on any atom is -0.444 e. The van der Waals surface area contributed by atoms with Crippen LogP contribution in [0.5, 0.6) is 0 Å². The number of hydrogen-bond donors (Lipinski definition) is 0. The third-order valence-corrected chi connectivity index (χ3v) is 6.41. The molecule has 1 unspecified atom stereocenters. The fourth-order valence-corrected chi connectivity index (χ4v) is 4.64. The third-order valence-electron chi connectivity index (χ3n) is 6.41. The van der Waals surface area contributed by atoms with E-state index >= 15 is 0 Å². The van der Waals surface area contributed by atoms with Crippen LogP contribution in [0.1, 0.15) is 46.5 Å². The van der Waals surface area contributed by atoms with Crippen LogP contribution in [0.4, 0.5) is 4.79 Å². The van der Waals surface area contributed by atoms with Crippen LogP contribution in [-0.2, 0) is 14.3 Å². The molecule has 0 bridgehead atoms. The molecule has 3 aliphatic heterocycles. The molecule has 0 radical (unpaired) electrons. The van der Waals surface area contributed by atoms with Crippen LogP contribution >= 0.6 is 0 Å². The predicted octanol–water partition coefficient (Wildman–Crippen LogP) is 1.64. The monoisotopic (exact) mass is 424 g/mol. The quantitative estimate of drug-likeness (QED) is 0.669. The van der Waals surface area contributed by atoms with Crippen molar-refractivity contribution in [2.75, 3.05) is 66.1 Å². The summed E-state index contributed by atoms with van der Waals surface area (Å²) in [6, 6.07) is 0.657. The smallest absolute Gasteiger partial charge is 0.410 e. The highest BCUT2D eigenvalue weighted by Crippen LogP contribution is 2.21. The molecule has 0 aromatic heterocycles. The Morgan fingerprint density at radius 3 is 2.23 bits per heavy atom. The molecule has 8 heteroatoms. The van der Waals surface area contributed by atoms with Crippen molar-refractivity contribution in [2.24, 2.45) is 0 Å². The number of nitrogens with zero attached hydrogens (tertiary/aromatic N) is 4. The zero-order valence-corrected chi connectivity index (χ0v) is 19.3. The molecule has 3 rings (SSSR count). The van der Waals surface area contributed by atoms with Crippen LogP contribution in [-0.4, -0.2) is 115 Å². The lowest BCUT2D eigenvalue weighted by molar-refractivity contribution is -0.138. The lowest BCUT2D eigenvalue weighted by Crippen LogP contribution is -2.54. The Labute approximate surface area is 181 Å². The Hall–Kier alpha value is -1.38. The van der Waals surface area contributed by atoms with Gasteiger partial charge in [0.15, 0.2) is 0 Å². The first-order valence-corrected chi connectivity index (χ1v) is 11.5. The number of carbonyl (C=O) groups is 2. The van der Waals surface area contributed by atoms with E-state index in [9.17, 15) is 9.59 Å².